The van der Waals surface area contributed by atoms with Crippen LogP contribution in [0.4, 0.5) is 4.79 Å². The minimum absolute atomic E-state index is 0.140. The summed E-state index contributed by atoms with van der Waals surface area (Å²) in [5.74, 6) is 0.733. The number of carbonyl (C=O) groups is 1. The van der Waals surface area contributed by atoms with Gasteiger partial charge in [-0.25, -0.2) is 4.79 Å². The summed E-state index contributed by atoms with van der Waals surface area (Å²) in [6, 6.07) is 10.2. The number of thiophene rings is 1. The van der Waals surface area contributed by atoms with Crippen LogP contribution >= 0.6 is 11.3 Å². The average molecular weight is 359 g/mol. The number of nitrogens with one attached hydrogen (secondary N) is 1. The fraction of sp³-hybridized carbons (Fsp3) is 0.353. The van der Waals surface area contributed by atoms with E-state index in [1.54, 1.807) is 36.7 Å². The fourth-order valence-corrected chi connectivity index (χ4v) is 3.49. The molecule has 0 unspecified atom stereocenters. The van der Waals surface area contributed by atoms with Gasteiger partial charge in [0.1, 0.15) is 6.33 Å². The van der Waals surface area contributed by atoms with Gasteiger partial charge in [0.15, 0.2) is 5.82 Å². The number of urea groups is 1. The summed E-state index contributed by atoms with van der Waals surface area (Å²) in [4.78, 5) is 15.0. The minimum atomic E-state index is -0.140. The zero-order valence-corrected chi connectivity index (χ0v) is 15.1. The van der Waals surface area contributed by atoms with Crippen molar-refractivity contribution in [1.29, 1.82) is 0 Å². The molecule has 1 aromatic carbocycles. The number of amides is 2. The van der Waals surface area contributed by atoms with Gasteiger partial charge in [0.25, 0.3) is 0 Å². The maximum atomic E-state index is 12.3. The van der Waals surface area contributed by atoms with Crippen molar-refractivity contribution in [3.05, 3.63) is 47.4 Å². The lowest BCUT2D eigenvalue weighted by atomic mass is 10.2. The third kappa shape index (κ3) is 4.34. The molecule has 7 nitrogen and oxygen atoms in total. The molecule has 0 saturated heterocycles. The maximum Gasteiger partial charge on any atom is 0.317 e. The molecule has 0 aliphatic heterocycles. The van der Waals surface area contributed by atoms with E-state index >= 15 is 0 Å². The molecule has 0 fully saturated rings. The van der Waals surface area contributed by atoms with Crippen LogP contribution in [0.25, 0.3) is 10.1 Å². The second-order valence-electron chi connectivity index (χ2n) is 5.70. The molecule has 0 aliphatic rings. The van der Waals surface area contributed by atoms with Crippen molar-refractivity contribution in [2.24, 2.45) is 0 Å². The smallest absolute Gasteiger partial charge is 0.317 e. The van der Waals surface area contributed by atoms with E-state index in [2.05, 4.69) is 33.7 Å². The average Bonchev–Trinajstić information content (AvgIpc) is 3.23. The molecule has 2 amide bonds. The Labute approximate surface area is 150 Å². The zero-order chi connectivity index (χ0) is 17.6. The van der Waals surface area contributed by atoms with Gasteiger partial charge in [0.05, 0.1) is 19.7 Å². The molecule has 2 aromatic heterocycles. The topological polar surface area (TPSA) is 72.3 Å². The number of methoxy groups -OCH3 is 1. The second kappa shape index (κ2) is 8.09. The van der Waals surface area contributed by atoms with Gasteiger partial charge in [-0.1, -0.05) is 18.2 Å². The van der Waals surface area contributed by atoms with Crippen LogP contribution in [0.5, 0.6) is 0 Å². The number of nitrogens with zero attached hydrogens (tertiary/aromatic N) is 4. The molecular weight excluding hydrogens is 338 g/mol. The number of aromatic nitrogens is 3. The first-order chi connectivity index (χ1) is 12.2. The highest BCUT2D eigenvalue weighted by Gasteiger charge is 2.13. The van der Waals surface area contributed by atoms with Crippen molar-refractivity contribution >= 4 is 27.5 Å². The van der Waals surface area contributed by atoms with Crippen molar-refractivity contribution in [3.8, 4) is 0 Å². The van der Waals surface area contributed by atoms with Gasteiger partial charge in [0.2, 0.25) is 0 Å². The Morgan fingerprint density at radius 2 is 2.24 bits per heavy atom. The van der Waals surface area contributed by atoms with Crippen LogP contribution in [0, 0.1) is 0 Å². The van der Waals surface area contributed by atoms with Gasteiger partial charge in [-0.15, -0.1) is 21.5 Å². The van der Waals surface area contributed by atoms with E-state index in [0.717, 1.165) is 10.7 Å². The first kappa shape index (κ1) is 17.4. The SMILES string of the molecule is COCCn1cnnc1CN(C)C(=O)NCc1cc2ccccc2s1. The van der Waals surface area contributed by atoms with Gasteiger partial charge >= 0.3 is 6.03 Å². The molecule has 0 spiro atoms. The molecule has 8 heteroatoms. The van der Waals surface area contributed by atoms with Gasteiger partial charge in [0, 0.05) is 30.3 Å². The van der Waals surface area contributed by atoms with Crippen LogP contribution < -0.4 is 5.32 Å². The summed E-state index contributed by atoms with van der Waals surface area (Å²) in [7, 11) is 3.40. The molecule has 0 atom stereocenters. The molecular formula is C17H21N5O2S. The van der Waals surface area contributed by atoms with Crippen molar-refractivity contribution in [2.45, 2.75) is 19.6 Å². The highest BCUT2D eigenvalue weighted by atomic mass is 32.1. The molecule has 3 rings (SSSR count). The molecule has 1 N–H and O–H groups in total. The van der Waals surface area contributed by atoms with Crippen LogP contribution in [-0.4, -0.2) is 46.5 Å². The van der Waals surface area contributed by atoms with Crippen LogP contribution in [0.2, 0.25) is 0 Å². The summed E-state index contributed by atoms with van der Waals surface area (Å²) in [6.45, 7) is 2.14. The third-order valence-corrected chi connectivity index (χ3v) is 4.96. The Hall–Kier alpha value is -2.45. The Bertz CT molecular complexity index is 811. The third-order valence-electron chi connectivity index (χ3n) is 3.85. The Balaban J connectivity index is 1.55. The molecule has 0 saturated carbocycles. The van der Waals surface area contributed by atoms with Crippen LogP contribution in [0.15, 0.2) is 36.7 Å². The number of fused-ring (bicyclic) bond motifs is 1. The zero-order valence-electron chi connectivity index (χ0n) is 14.3. The van der Waals surface area contributed by atoms with Crippen LogP contribution in [0.3, 0.4) is 0 Å². The summed E-state index contributed by atoms with van der Waals surface area (Å²) in [5, 5.41) is 12.1. The van der Waals surface area contributed by atoms with E-state index in [9.17, 15) is 4.79 Å². The lowest BCUT2D eigenvalue weighted by Crippen LogP contribution is -2.37. The predicted octanol–water partition coefficient (Wildman–Crippen LogP) is 2.48. The van der Waals surface area contributed by atoms with E-state index in [-0.39, 0.29) is 6.03 Å². The molecule has 0 radical (unpaired) electrons. The summed E-state index contributed by atoms with van der Waals surface area (Å²) in [6.07, 6.45) is 1.65. The minimum Gasteiger partial charge on any atom is -0.383 e. The molecule has 25 heavy (non-hydrogen) atoms. The maximum absolute atomic E-state index is 12.3. The first-order valence-corrected chi connectivity index (χ1v) is 8.81. The van der Waals surface area contributed by atoms with Crippen molar-refractivity contribution < 1.29 is 9.53 Å². The Kier molecular flexibility index (Phi) is 5.62. The van der Waals surface area contributed by atoms with Crippen molar-refractivity contribution in [1.82, 2.24) is 25.0 Å². The van der Waals surface area contributed by atoms with E-state index in [1.165, 1.54) is 10.1 Å². The normalized spacial score (nSPS) is 11.0. The van der Waals surface area contributed by atoms with Crippen LogP contribution in [-0.2, 0) is 24.4 Å². The lowest BCUT2D eigenvalue weighted by Gasteiger charge is -2.17. The molecule has 0 aliphatic carbocycles. The number of carbonyl (C=O) groups excluding carboxylic acids is 1. The first-order valence-electron chi connectivity index (χ1n) is 7.99. The largest absolute Gasteiger partial charge is 0.383 e. The number of rotatable bonds is 7. The highest BCUT2D eigenvalue weighted by molar-refractivity contribution is 7.19. The van der Waals surface area contributed by atoms with Crippen LogP contribution in [0.1, 0.15) is 10.7 Å². The number of hydrogen-bond acceptors (Lipinski definition) is 5. The number of benzene rings is 1. The Morgan fingerprint density at radius 1 is 1.40 bits per heavy atom. The van der Waals surface area contributed by atoms with E-state index in [0.29, 0.717) is 26.2 Å². The van der Waals surface area contributed by atoms with E-state index in [1.807, 2.05) is 16.7 Å². The number of hydrogen-bond donors (Lipinski definition) is 1. The van der Waals surface area contributed by atoms with Gasteiger partial charge in [-0.2, -0.15) is 0 Å². The molecule has 2 heterocycles. The van der Waals surface area contributed by atoms with E-state index in [4.69, 9.17) is 4.74 Å². The highest BCUT2D eigenvalue weighted by Crippen LogP contribution is 2.24. The quantitative estimate of drug-likeness (QED) is 0.703. The molecule has 3 aromatic rings. The fourth-order valence-electron chi connectivity index (χ4n) is 2.48. The van der Waals surface area contributed by atoms with Gasteiger partial charge in [-0.3, -0.25) is 0 Å². The van der Waals surface area contributed by atoms with Crippen molar-refractivity contribution in [3.63, 3.8) is 0 Å². The van der Waals surface area contributed by atoms with E-state index < -0.39 is 0 Å². The summed E-state index contributed by atoms with van der Waals surface area (Å²) in [5.41, 5.74) is 0. The predicted molar refractivity (Wildman–Crippen MR) is 97.4 cm³/mol. The second-order valence-corrected chi connectivity index (χ2v) is 6.87. The standard InChI is InChI=1S/C17H21N5O2S/c1-21(11-16-20-19-12-22(16)7-8-24-2)17(23)18-10-14-9-13-5-3-4-6-15(13)25-14/h3-6,9,12H,7-8,10-11H2,1-2H3,(H,18,23). The van der Waals surface area contributed by atoms with Gasteiger partial charge in [-0.05, 0) is 17.5 Å². The Morgan fingerprint density at radius 3 is 3.04 bits per heavy atom. The number of ether oxygens (including phenoxy) is 1. The summed E-state index contributed by atoms with van der Waals surface area (Å²) >= 11 is 1.69. The lowest BCUT2D eigenvalue weighted by molar-refractivity contribution is 0.184. The summed E-state index contributed by atoms with van der Waals surface area (Å²) < 4.78 is 8.18. The van der Waals surface area contributed by atoms with Crippen molar-refractivity contribution in [2.75, 3.05) is 20.8 Å². The van der Waals surface area contributed by atoms with Gasteiger partial charge < -0.3 is 19.5 Å². The molecule has 132 valence electrons. The monoisotopic (exact) mass is 359 g/mol. The molecule has 0 bridgehead atoms.